The second kappa shape index (κ2) is 8.40. The third-order valence-electron chi connectivity index (χ3n) is 4.48. The van der Waals surface area contributed by atoms with E-state index in [1.54, 1.807) is 23.9 Å². The van der Waals surface area contributed by atoms with Crippen molar-refractivity contribution in [3.05, 3.63) is 77.4 Å². The van der Waals surface area contributed by atoms with Gasteiger partial charge in [-0.1, -0.05) is 24.3 Å². The van der Waals surface area contributed by atoms with Crippen molar-refractivity contribution in [1.82, 2.24) is 0 Å². The smallest absolute Gasteiger partial charge is 0.331 e. The van der Waals surface area contributed by atoms with E-state index >= 15 is 0 Å². The molecule has 146 valence electrons. The molecule has 0 spiro atoms. The van der Waals surface area contributed by atoms with Gasteiger partial charge in [-0.15, -0.1) is 0 Å². The lowest BCUT2D eigenvalue weighted by Gasteiger charge is -2.19. The number of ether oxygens (including phenoxy) is 1. The molecule has 0 N–H and O–H groups in total. The maximum atomic E-state index is 12.9. The van der Waals surface area contributed by atoms with Gasteiger partial charge in [-0.2, -0.15) is 5.26 Å². The van der Waals surface area contributed by atoms with E-state index in [2.05, 4.69) is 0 Å². The van der Waals surface area contributed by atoms with Crippen LogP contribution < -0.4 is 9.80 Å². The van der Waals surface area contributed by atoms with Crippen LogP contribution in [0.1, 0.15) is 5.56 Å². The largest absolute Gasteiger partial charge is 0.454 e. The van der Waals surface area contributed by atoms with Crippen molar-refractivity contribution in [2.24, 2.45) is 0 Å². The molecule has 1 aliphatic heterocycles. The number of fused-ring (bicyclic) bond motifs is 1. The van der Waals surface area contributed by atoms with Crippen LogP contribution in [0.4, 0.5) is 15.8 Å². The van der Waals surface area contributed by atoms with Gasteiger partial charge in [0.25, 0.3) is 0 Å². The number of esters is 1. The monoisotopic (exact) mass is 391 g/mol. The molecule has 0 fully saturated rings. The lowest BCUT2D eigenvalue weighted by atomic mass is 10.2. The Balaban J connectivity index is 1.69. The minimum atomic E-state index is -0.735. The molecular formula is C22H18FN3O3. The summed E-state index contributed by atoms with van der Waals surface area (Å²) >= 11 is 0. The third-order valence-corrected chi connectivity index (χ3v) is 4.48. The topological polar surface area (TPSA) is 73.6 Å². The van der Waals surface area contributed by atoms with Crippen LogP contribution in [0.3, 0.4) is 0 Å². The van der Waals surface area contributed by atoms with Crippen LogP contribution in [0.2, 0.25) is 0 Å². The number of carbonyl (C=O) groups is 2. The number of ketones is 1. The number of para-hydroxylation sites is 2. The second-order valence-electron chi connectivity index (χ2n) is 6.33. The first kappa shape index (κ1) is 19.8. The molecule has 3 rings (SSSR count). The lowest BCUT2D eigenvalue weighted by Crippen LogP contribution is -2.27. The zero-order valence-corrected chi connectivity index (χ0v) is 15.9. The molecule has 0 unspecified atom stereocenters. The number of nitrogens with zero attached hydrogens (tertiary/aromatic N) is 3. The summed E-state index contributed by atoms with van der Waals surface area (Å²) in [6.07, 6.45) is 2.59. The molecule has 0 aliphatic carbocycles. The van der Waals surface area contributed by atoms with Crippen molar-refractivity contribution in [2.45, 2.75) is 0 Å². The van der Waals surface area contributed by atoms with Gasteiger partial charge in [-0.3, -0.25) is 4.79 Å². The van der Waals surface area contributed by atoms with Gasteiger partial charge in [0.05, 0.1) is 11.4 Å². The first-order valence-electron chi connectivity index (χ1n) is 8.77. The maximum Gasteiger partial charge on any atom is 0.331 e. The van der Waals surface area contributed by atoms with Crippen LogP contribution >= 0.6 is 0 Å². The average molecular weight is 391 g/mol. The number of benzene rings is 2. The third kappa shape index (κ3) is 4.17. The van der Waals surface area contributed by atoms with Crippen molar-refractivity contribution in [1.29, 1.82) is 5.26 Å². The highest BCUT2D eigenvalue weighted by Crippen LogP contribution is 2.40. The molecule has 0 bridgehead atoms. The number of halogens is 1. The van der Waals surface area contributed by atoms with Crippen molar-refractivity contribution < 1.29 is 18.7 Å². The first-order valence-corrected chi connectivity index (χ1v) is 8.77. The van der Waals surface area contributed by atoms with Gasteiger partial charge >= 0.3 is 5.97 Å². The number of nitriles is 1. The number of hydrogen-bond acceptors (Lipinski definition) is 6. The first-order chi connectivity index (χ1) is 13.9. The molecule has 0 saturated carbocycles. The van der Waals surface area contributed by atoms with Gasteiger partial charge in [0.1, 0.15) is 23.3 Å². The number of rotatable bonds is 5. The maximum absolute atomic E-state index is 12.9. The average Bonchev–Trinajstić information content (AvgIpc) is 2.98. The lowest BCUT2D eigenvalue weighted by molar-refractivity contribution is -0.141. The molecule has 7 heteroatoms. The summed E-state index contributed by atoms with van der Waals surface area (Å²) in [6, 6.07) is 15.0. The van der Waals surface area contributed by atoms with Crippen molar-refractivity contribution in [3.8, 4) is 6.07 Å². The molecule has 0 saturated heterocycles. The highest BCUT2D eigenvalue weighted by molar-refractivity contribution is 6.04. The van der Waals surface area contributed by atoms with Gasteiger partial charge in [0.2, 0.25) is 5.78 Å². The molecule has 0 amide bonds. The van der Waals surface area contributed by atoms with E-state index in [9.17, 15) is 19.2 Å². The fourth-order valence-electron chi connectivity index (χ4n) is 3.05. The van der Waals surface area contributed by atoms with Gasteiger partial charge in [-0.05, 0) is 35.9 Å². The molecular weight excluding hydrogens is 373 g/mol. The fraction of sp³-hybridized carbons (Fsp3) is 0.136. The van der Waals surface area contributed by atoms with E-state index in [-0.39, 0.29) is 11.4 Å². The van der Waals surface area contributed by atoms with Crippen molar-refractivity contribution in [3.63, 3.8) is 0 Å². The van der Waals surface area contributed by atoms with E-state index in [1.165, 1.54) is 30.3 Å². The SMILES string of the molecule is CN1C(=C(C#N)C(=O)COC(=O)C=Cc2ccc(F)cc2)N(C)c2ccccc21. The molecule has 0 atom stereocenters. The van der Waals surface area contributed by atoms with Crippen LogP contribution in [0.15, 0.2) is 66.0 Å². The summed E-state index contributed by atoms with van der Waals surface area (Å²) in [4.78, 5) is 27.9. The van der Waals surface area contributed by atoms with Gasteiger partial charge in [-0.25, -0.2) is 9.18 Å². The van der Waals surface area contributed by atoms with Gasteiger partial charge < -0.3 is 14.5 Å². The highest BCUT2D eigenvalue weighted by atomic mass is 19.1. The predicted molar refractivity (Wildman–Crippen MR) is 107 cm³/mol. The minimum absolute atomic E-state index is 0.0958. The van der Waals surface area contributed by atoms with Crippen molar-refractivity contribution in [2.75, 3.05) is 30.5 Å². The summed E-state index contributed by atoms with van der Waals surface area (Å²) in [7, 11) is 3.53. The summed E-state index contributed by atoms with van der Waals surface area (Å²) in [5.74, 6) is -1.29. The second-order valence-corrected chi connectivity index (χ2v) is 6.33. The summed E-state index contributed by atoms with van der Waals surface area (Å²) in [5.41, 5.74) is 2.25. The quantitative estimate of drug-likeness (QED) is 0.442. The molecule has 2 aromatic carbocycles. The van der Waals surface area contributed by atoms with E-state index < -0.39 is 18.4 Å². The normalized spacial score (nSPS) is 12.7. The fourth-order valence-corrected chi connectivity index (χ4v) is 3.05. The minimum Gasteiger partial charge on any atom is -0.454 e. The predicted octanol–water partition coefficient (Wildman–Crippen LogP) is 3.27. The Bertz CT molecular complexity index is 1020. The van der Waals surface area contributed by atoms with E-state index in [4.69, 9.17) is 4.74 Å². The Kier molecular flexibility index (Phi) is 5.74. The van der Waals surface area contributed by atoms with Gasteiger partial charge in [0.15, 0.2) is 6.61 Å². The Morgan fingerprint density at radius 3 is 2.21 bits per heavy atom. The Labute approximate surface area is 167 Å². The van der Waals surface area contributed by atoms with Crippen LogP contribution in [0.25, 0.3) is 6.08 Å². The molecule has 0 aromatic heterocycles. The summed E-state index contributed by atoms with van der Waals surface area (Å²) in [6.45, 7) is -0.559. The van der Waals surface area contributed by atoms with Crippen LogP contribution in [0, 0.1) is 17.1 Å². The number of carbonyl (C=O) groups excluding carboxylic acids is 2. The zero-order chi connectivity index (χ0) is 21.0. The Morgan fingerprint density at radius 1 is 1.07 bits per heavy atom. The van der Waals surface area contributed by atoms with Crippen LogP contribution in [0.5, 0.6) is 0 Å². The standard InChI is InChI=1S/C22H18FN3O3/c1-25-18-5-3-4-6-19(18)26(2)22(25)17(13-24)20(27)14-29-21(28)12-9-15-7-10-16(23)11-8-15/h3-12H,14H2,1-2H3. The van der Waals surface area contributed by atoms with Crippen LogP contribution in [-0.2, 0) is 14.3 Å². The number of Topliss-reactive ketones (excluding diaryl/α,β-unsaturated/α-hetero) is 1. The molecule has 29 heavy (non-hydrogen) atoms. The molecule has 1 heterocycles. The van der Waals surface area contributed by atoms with Crippen molar-refractivity contribution >= 4 is 29.2 Å². The van der Waals surface area contributed by atoms with Crippen LogP contribution in [-0.4, -0.2) is 32.5 Å². The molecule has 0 radical (unpaired) electrons. The van der Waals surface area contributed by atoms with Gasteiger partial charge in [0, 0.05) is 20.2 Å². The number of hydrogen-bond donors (Lipinski definition) is 0. The Morgan fingerprint density at radius 2 is 1.66 bits per heavy atom. The summed E-state index contributed by atoms with van der Waals surface area (Å²) in [5, 5.41) is 9.54. The number of anilines is 2. The van der Waals surface area contributed by atoms with E-state index in [0.29, 0.717) is 11.4 Å². The van der Waals surface area contributed by atoms with E-state index in [1.807, 2.05) is 30.3 Å². The highest BCUT2D eigenvalue weighted by Gasteiger charge is 2.31. The molecule has 6 nitrogen and oxygen atoms in total. The Hall–Kier alpha value is -3.92. The summed E-state index contributed by atoms with van der Waals surface area (Å²) < 4.78 is 17.9. The van der Waals surface area contributed by atoms with E-state index in [0.717, 1.165) is 17.5 Å². The molecule has 2 aromatic rings. The molecule has 1 aliphatic rings. The zero-order valence-electron chi connectivity index (χ0n) is 15.9.